The number of rotatable bonds is 8. The number of thiophene rings is 1. The number of anilines is 1. The molecule has 3 rings (SSSR count). The van der Waals surface area contributed by atoms with Gasteiger partial charge in [-0.1, -0.05) is 39.0 Å². The Kier molecular flexibility index (Phi) is 9.24. The van der Waals surface area contributed by atoms with Crippen molar-refractivity contribution in [3.8, 4) is 17.7 Å². The van der Waals surface area contributed by atoms with E-state index in [1.807, 2.05) is 30.5 Å². The standard InChI is InChI=1S/C30H43N3O2S/c1-9-22(3)30(28(34)32-27-11-10-24(36-27)13-15-29(4,5)6)16-12-21(2)25(19-30)35-26-18-23(14-17-31-26)20-33(7)8/h10-11,14,17-18,21-22,25H,9,12,16,19-20H2,1-8H3,(H,32,34)/t21-,22+,25-,30?/m1/s1. The van der Waals surface area contributed by atoms with Crippen LogP contribution in [-0.2, 0) is 11.3 Å². The lowest BCUT2D eigenvalue weighted by molar-refractivity contribution is -0.135. The molecule has 0 aromatic carbocycles. The van der Waals surface area contributed by atoms with Gasteiger partial charge in [0.1, 0.15) is 6.10 Å². The maximum atomic E-state index is 13.9. The highest BCUT2D eigenvalue weighted by molar-refractivity contribution is 7.16. The lowest BCUT2D eigenvalue weighted by Gasteiger charge is -2.45. The van der Waals surface area contributed by atoms with Gasteiger partial charge in [0.25, 0.3) is 0 Å². The molecule has 0 aliphatic heterocycles. The van der Waals surface area contributed by atoms with Gasteiger partial charge in [-0.15, -0.1) is 11.3 Å². The number of ether oxygens (including phenoxy) is 1. The fourth-order valence-electron chi connectivity index (χ4n) is 4.85. The summed E-state index contributed by atoms with van der Waals surface area (Å²) in [5.41, 5.74) is 0.638. The van der Waals surface area contributed by atoms with Gasteiger partial charge in [-0.2, -0.15) is 0 Å². The molecule has 1 aliphatic carbocycles. The molecule has 2 aromatic heterocycles. The van der Waals surface area contributed by atoms with Gasteiger partial charge in [0.2, 0.25) is 11.8 Å². The lowest BCUT2D eigenvalue weighted by atomic mass is 9.62. The molecule has 0 bridgehead atoms. The molecule has 196 valence electrons. The van der Waals surface area contributed by atoms with Gasteiger partial charge >= 0.3 is 0 Å². The third kappa shape index (κ3) is 7.33. The van der Waals surface area contributed by atoms with E-state index < -0.39 is 5.41 Å². The molecular weight excluding hydrogens is 466 g/mol. The Morgan fingerprint density at radius 3 is 2.75 bits per heavy atom. The van der Waals surface area contributed by atoms with E-state index in [-0.39, 0.29) is 23.3 Å². The van der Waals surface area contributed by atoms with Crippen LogP contribution in [0.4, 0.5) is 5.00 Å². The summed E-state index contributed by atoms with van der Waals surface area (Å²) in [5, 5.41) is 4.11. The summed E-state index contributed by atoms with van der Waals surface area (Å²) in [6, 6.07) is 8.02. The monoisotopic (exact) mass is 509 g/mol. The van der Waals surface area contributed by atoms with Crippen molar-refractivity contribution in [3.05, 3.63) is 40.9 Å². The van der Waals surface area contributed by atoms with Crippen LogP contribution in [0, 0.1) is 34.5 Å². The third-order valence-electron chi connectivity index (χ3n) is 7.23. The Bertz CT molecular complexity index is 1090. The molecule has 1 unspecified atom stereocenters. The van der Waals surface area contributed by atoms with Crippen LogP contribution in [0.2, 0.25) is 0 Å². The van der Waals surface area contributed by atoms with Crippen LogP contribution in [0.3, 0.4) is 0 Å². The minimum absolute atomic E-state index is 0.0529. The van der Waals surface area contributed by atoms with Crippen molar-refractivity contribution in [2.45, 2.75) is 79.9 Å². The summed E-state index contributed by atoms with van der Waals surface area (Å²) in [7, 11) is 4.11. The van der Waals surface area contributed by atoms with E-state index in [1.165, 1.54) is 5.56 Å². The Morgan fingerprint density at radius 2 is 2.08 bits per heavy atom. The topological polar surface area (TPSA) is 54.5 Å². The van der Waals surface area contributed by atoms with Crippen LogP contribution in [0.5, 0.6) is 5.88 Å². The van der Waals surface area contributed by atoms with E-state index in [4.69, 9.17) is 4.74 Å². The summed E-state index contributed by atoms with van der Waals surface area (Å²) in [4.78, 5) is 21.5. The summed E-state index contributed by atoms with van der Waals surface area (Å²) in [6.07, 6.45) is 5.21. The predicted molar refractivity (Wildman–Crippen MR) is 150 cm³/mol. The zero-order valence-corrected chi connectivity index (χ0v) is 24.1. The smallest absolute Gasteiger partial charge is 0.231 e. The molecule has 1 amide bonds. The Morgan fingerprint density at radius 1 is 1.33 bits per heavy atom. The highest BCUT2D eigenvalue weighted by atomic mass is 32.1. The second kappa shape index (κ2) is 11.8. The number of amides is 1. The minimum Gasteiger partial charge on any atom is -0.474 e. The minimum atomic E-state index is -0.478. The third-order valence-corrected chi connectivity index (χ3v) is 8.14. The fourth-order valence-corrected chi connectivity index (χ4v) is 5.61. The number of carbonyl (C=O) groups excluding carboxylic acids is 1. The van der Waals surface area contributed by atoms with E-state index in [9.17, 15) is 4.79 Å². The van der Waals surface area contributed by atoms with Crippen molar-refractivity contribution < 1.29 is 9.53 Å². The molecule has 5 nitrogen and oxygen atoms in total. The number of carbonyl (C=O) groups is 1. The Hall–Kier alpha value is -2.36. The van der Waals surface area contributed by atoms with Gasteiger partial charge in [0, 0.05) is 24.2 Å². The van der Waals surface area contributed by atoms with E-state index in [1.54, 1.807) is 11.3 Å². The SMILES string of the molecule is CC[C@H](C)C1(C(=O)Nc2ccc(C#CC(C)(C)C)s2)CC[C@@H](C)[C@H](Oc2cc(CN(C)C)ccn2)C1. The molecule has 2 aromatic rings. The molecule has 1 fully saturated rings. The quantitative estimate of drug-likeness (QED) is 0.396. The fraction of sp³-hybridized carbons (Fsp3) is 0.600. The largest absolute Gasteiger partial charge is 0.474 e. The van der Waals surface area contributed by atoms with Crippen LogP contribution < -0.4 is 10.1 Å². The molecule has 1 N–H and O–H groups in total. The molecule has 1 aliphatic rings. The van der Waals surface area contributed by atoms with Crippen molar-refractivity contribution in [3.63, 3.8) is 0 Å². The van der Waals surface area contributed by atoms with Crippen molar-refractivity contribution in [2.75, 3.05) is 19.4 Å². The van der Waals surface area contributed by atoms with Gasteiger partial charge in [-0.05, 0) is 89.7 Å². The van der Waals surface area contributed by atoms with Crippen LogP contribution in [0.25, 0.3) is 0 Å². The second-order valence-corrected chi connectivity index (χ2v) is 12.8. The molecule has 4 atom stereocenters. The van der Waals surface area contributed by atoms with Crippen LogP contribution >= 0.6 is 11.3 Å². The zero-order valence-electron chi connectivity index (χ0n) is 23.3. The van der Waals surface area contributed by atoms with E-state index in [2.05, 4.69) is 82.7 Å². The molecule has 0 saturated heterocycles. The first-order valence-electron chi connectivity index (χ1n) is 13.1. The summed E-state index contributed by atoms with van der Waals surface area (Å²) >= 11 is 1.54. The first-order valence-corrected chi connectivity index (χ1v) is 13.9. The Labute approximate surface area is 222 Å². The molecule has 6 heteroatoms. The lowest BCUT2D eigenvalue weighted by Crippen LogP contribution is -2.49. The normalized spacial score (nSPS) is 23.0. The first-order chi connectivity index (χ1) is 16.9. The number of aromatic nitrogens is 1. The maximum absolute atomic E-state index is 13.9. The van der Waals surface area contributed by atoms with Crippen molar-refractivity contribution >= 4 is 22.2 Å². The van der Waals surface area contributed by atoms with Gasteiger partial charge in [0.05, 0.1) is 15.3 Å². The van der Waals surface area contributed by atoms with Crippen molar-refractivity contribution in [1.82, 2.24) is 9.88 Å². The van der Waals surface area contributed by atoms with Crippen LogP contribution in [0.1, 0.15) is 77.7 Å². The summed E-state index contributed by atoms with van der Waals surface area (Å²) in [6.45, 7) is 13.7. The number of hydrogen-bond acceptors (Lipinski definition) is 5. The average Bonchev–Trinajstić information content (AvgIpc) is 3.25. The highest BCUT2D eigenvalue weighted by Crippen LogP contribution is 2.47. The number of nitrogens with one attached hydrogen (secondary N) is 1. The first kappa shape index (κ1) is 28.2. The van der Waals surface area contributed by atoms with E-state index in [0.717, 1.165) is 35.7 Å². The summed E-state index contributed by atoms with van der Waals surface area (Å²) in [5.74, 6) is 7.86. The number of pyridine rings is 1. The van der Waals surface area contributed by atoms with Gasteiger partial charge < -0.3 is 15.0 Å². The molecule has 1 saturated carbocycles. The molecule has 0 spiro atoms. The Balaban J connectivity index is 1.80. The molecule has 0 radical (unpaired) electrons. The van der Waals surface area contributed by atoms with Crippen molar-refractivity contribution in [1.29, 1.82) is 0 Å². The maximum Gasteiger partial charge on any atom is 0.231 e. The van der Waals surface area contributed by atoms with Crippen LogP contribution in [0.15, 0.2) is 30.5 Å². The summed E-state index contributed by atoms with van der Waals surface area (Å²) < 4.78 is 6.48. The van der Waals surface area contributed by atoms with E-state index in [0.29, 0.717) is 18.2 Å². The second-order valence-electron chi connectivity index (χ2n) is 11.7. The van der Waals surface area contributed by atoms with Crippen LogP contribution in [-0.4, -0.2) is 36.0 Å². The molecule has 2 heterocycles. The highest BCUT2D eigenvalue weighted by Gasteiger charge is 2.49. The van der Waals surface area contributed by atoms with Gasteiger partial charge in [0.15, 0.2) is 0 Å². The average molecular weight is 510 g/mol. The molecular formula is C30H43N3O2S. The number of hydrogen-bond donors (Lipinski definition) is 1. The van der Waals surface area contributed by atoms with Crippen molar-refractivity contribution in [2.24, 2.45) is 22.7 Å². The predicted octanol–water partition coefficient (Wildman–Crippen LogP) is 6.84. The van der Waals surface area contributed by atoms with E-state index >= 15 is 0 Å². The van der Waals surface area contributed by atoms with Gasteiger partial charge in [-0.25, -0.2) is 4.98 Å². The van der Waals surface area contributed by atoms with Gasteiger partial charge in [-0.3, -0.25) is 4.79 Å². The number of nitrogens with zero attached hydrogens (tertiary/aromatic N) is 2. The zero-order chi connectivity index (χ0) is 26.5. The molecule has 36 heavy (non-hydrogen) atoms.